The Bertz CT molecular complexity index is 754. The van der Waals surface area contributed by atoms with Gasteiger partial charge in [0.25, 0.3) is 0 Å². The third-order valence-corrected chi connectivity index (χ3v) is 12.2. The van der Waals surface area contributed by atoms with E-state index in [9.17, 15) is 4.79 Å². The summed E-state index contributed by atoms with van der Waals surface area (Å²) < 4.78 is 12.4. The summed E-state index contributed by atoms with van der Waals surface area (Å²) in [6.45, 7) is 15.6. The van der Waals surface area contributed by atoms with Crippen molar-refractivity contribution in [2.75, 3.05) is 13.2 Å². The van der Waals surface area contributed by atoms with Crippen molar-refractivity contribution in [2.45, 2.75) is 118 Å². The summed E-state index contributed by atoms with van der Waals surface area (Å²) in [6, 6.07) is 0. The number of carbonyl (C=O) groups excluding carboxylic acids is 1. The van der Waals surface area contributed by atoms with Gasteiger partial charge in [0.15, 0.2) is 5.79 Å². The van der Waals surface area contributed by atoms with Crippen molar-refractivity contribution >= 4 is 5.78 Å². The Morgan fingerprint density at radius 1 is 0.882 bits per heavy atom. The topological polar surface area (TPSA) is 35.5 Å². The molecule has 5 aliphatic rings. The van der Waals surface area contributed by atoms with Crippen molar-refractivity contribution in [3.05, 3.63) is 0 Å². The molecule has 4 saturated carbocycles. The maximum Gasteiger partial charge on any atom is 0.178 e. The molecule has 1 spiro atoms. The fraction of sp³-hybridized carbons (Fsp3) is 0.968. The van der Waals surface area contributed by atoms with Gasteiger partial charge >= 0.3 is 0 Å². The lowest BCUT2D eigenvalue weighted by atomic mass is 9.43. The van der Waals surface area contributed by atoms with Gasteiger partial charge < -0.3 is 9.47 Å². The van der Waals surface area contributed by atoms with E-state index in [1.165, 1.54) is 57.8 Å². The maximum absolute atomic E-state index is 12.9. The van der Waals surface area contributed by atoms with Crippen molar-refractivity contribution < 1.29 is 14.3 Å². The van der Waals surface area contributed by atoms with Crippen LogP contribution in [0.15, 0.2) is 0 Å². The van der Waals surface area contributed by atoms with E-state index in [2.05, 4.69) is 34.6 Å². The van der Waals surface area contributed by atoms with Crippen molar-refractivity contribution in [3.63, 3.8) is 0 Å². The largest absolute Gasteiger partial charge is 0.347 e. The number of ether oxygens (including phenoxy) is 2. The van der Waals surface area contributed by atoms with Gasteiger partial charge in [-0.2, -0.15) is 0 Å². The zero-order chi connectivity index (χ0) is 24.3. The molecule has 194 valence electrons. The van der Waals surface area contributed by atoms with Gasteiger partial charge in [0.2, 0.25) is 0 Å². The Morgan fingerprint density at radius 3 is 2.26 bits per heavy atom. The number of ketones is 1. The average Bonchev–Trinajstić information content (AvgIpc) is 3.38. The average molecular weight is 473 g/mol. The number of rotatable bonds is 6. The number of hydrogen-bond donors (Lipinski definition) is 0. The van der Waals surface area contributed by atoms with Crippen molar-refractivity contribution in [2.24, 2.45) is 58.2 Å². The van der Waals surface area contributed by atoms with E-state index in [0.29, 0.717) is 24.5 Å². The Morgan fingerprint density at radius 2 is 1.59 bits per heavy atom. The van der Waals surface area contributed by atoms with Crippen molar-refractivity contribution in [3.8, 4) is 0 Å². The van der Waals surface area contributed by atoms with Gasteiger partial charge in [-0.05, 0) is 104 Å². The van der Waals surface area contributed by atoms with Crippen LogP contribution in [0, 0.1) is 58.2 Å². The van der Waals surface area contributed by atoms with E-state index in [0.717, 1.165) is 48.3 Å². The molecule has 3 heteroatoms. The molecule has 5 rings (SSSR count). The molecule has 5 fully saturated rings. The van der Waals surface area contributed by atoms with Gasteiger partial charge in [-0.25, -0.2) is 0 Å². The summed E-state index contributed by atoms with van der Waals surface area (Å²) >= 11 is 0. The molecule has 0 aromatic carbocycles. The van der Waals surface area contributed by atoms with Crippen LogP contribution in [0.25, 0.3) is 0 Å². The van der Waals surface area contributed by atoms with E-state index in [1.807, 2.05) is 0 Å². The minimum absolute atomic E-state index is 0.0828. The predicted octanol–water partition coefficient (Wildman–Crippen LogP) is 7.67. The van der Waals surface area contributed by atoms with Crippen LogP contribution in [0.2, 0.25) is 0 Å². The quantitative estimate of drug-likeness (QED) is 0.398. The Kier molecular flexibility index (Phi) is 6.80. The molecule has 0 aromatic heterocycles. The Balaban J connectivity index is 1.33. The van der Waals surface area contributed by atoms with Crippen LogP contribution in [0.5, 0.6) is 0 Å². The van der Waals surface area contributed by atoms with Gasteiger partial charge in [-0.1, -0.05) is 53.9 Å². The predicted molar refractivity (Wildman–Crippen MR) is 137 cm³/mol. The molecule has 34 heavy (non-hydrogen) atoms. The third kappa shape index (κ3) is 3.94. The number of fused-ring (bicyclic) bond motifs is 5. The standard InChI is InChI=1S/C31H52O3/c1-20(2)8-7-9-21(3)25-12-13-26-24-11-10-23-18-31(33-16-17-34-31)28(22(4)32)19-30(23,6)27(24)14-15-29(25,26)5/h20-21,23-28H,7-19H2,1-6H3/t21-,23-,24+,25-,26+,27+,28+,29-,30-/m0/s1. The van der Waals surface area contributed by atoms with Crippen LogP contribution in [0.3, 0.4) is 0 Å². The summed E-state index contributed by atoms with van der Waals surface area (Å²) in [5, 5.41) is 0. The summed E-state index contributed by atoms with van der Waals surface area (Å²) in [6.07, 6.45) is 14.5. The molecule has 0 amide bonds. The third-order valence-electron chi connectivity index (χ3n) is 12.2. The number of Topliss-reactive ketones (excluding diaryl/α,β-unsaturated/α-hetero) is 1. The molecule has 1 saturated heterocycles. The van der Waals surface area contributed by atoms with Crippen molar-refractivity contribution in [1.82, 2.24) is 0 Å². The number of hydrogen-bond acceptors (Lipinski definition) is 3. The fourth-order valence-corrected chi connectivity index (χ4v) is 10.5. The second kappa shape index (κ2) is 9.16. The molecule has 1 heterocycles. The molecule has 0 radical (unpaired) electrons. The van der Waals surface area contributed by atoms with E-state index in [4.69, 9.17) is 9.47 Å². The van der Waals surface area contributed by atoms with E-state index >= 15 is 0 Å². The first-order valence-electron chi connectivity index (χ1n) is 14.9. The zero-order valence-electron chi connectivity index (χ0n) is 23.0. The lowest BCUT2D eigenvalue weighted by Crippen LogP contribution is -2.60. The van der Waals surface area contributed by atoms with Crippen LogP contribution in [0.4, 0.5) is 0 Å². The van der Waals surface area contributed by atoms with Crippen LogP contribution >= 0.6 is 0 Å². The smallest absolute Gasteiger partial charge is 0.178 e. The molecule has 0 aromatic rings. The SMILES string of the molecule is CC(=O)[C@H]1C[C@@]2(C)[C@@H](CC[C@H]3[C@H]2CC[C@]2(C)[C@@H]3CC[C@H]2[C@@H](C)CCCC(C)C)CC12OCCO2. The van der Waals surface area contributed by atoms with Gasteiger partial charge in [0, 0.05) is 6.42 Å². The fourth-order valence-electron chi connectivity index (χ4n) is 10.5. The normalized spacial score (nSPS) is 46.2. The first-order valence-corrected chi connectivity index (χ1v) is 14.9. The molecule has 0 N–H and O–H groups in total. The highest BCUT2D eigenvalue weighted by atomic mass is 16.7. The molecule has 0 unspecified atom stereocenters. The lowest BCUT2D eigenvalue weighted by Gasteiger charge is -2.63. The summed E-state index contributed by atoms with van der Waals surface area (Å²) in [7, 11) is 0. The highest BCUT2D eigenvalue weighted by Crippen LogP contribution is 2.69. The molecule has 0 bridgehead atoms. The summed E-state index contributed by atoms with van der Waals surface area (Å²) in [5.74, 6) is 5.36. The lowest BCUT2D eigenvalue weighted by molar-refractivity contribution is -0.255. The van der Waals surface area contributed by atoms with Crippen molar-refractivity contribution in [1.29, 1.82) is 0 Å². The minimum Gasteiger partial charge on any atom is -0.347 e. The zero-order valence-corrected chi connectivity index (χ0v) is 23.0. The second-order valence-electron chi connectivity index (χ2n) is 14.3. The van der Waals surface area contributed by atoms with Crippen LogP contribution in [-0.4, -0.2) is 24.8 Å². The molecular weight excluding hydrogens is 420 g/mol. The highest BCUT2D eigenvalue weighted by Gasteiger charge is 2.65. The van der Waals surface area contributed by atoms with E-state index < -0.39 is 5.79 Å². The van der Waals surface area contributed by atoms with E-state index in [1.54, 1.807) is 6.92 Å². The number of carbonyl (C=O) groups is 1. The molecule has 3 nitrogen and oxygen atoms in total. The van der Waals surface area contributed by atoms with E-state index in [-0.39, 0.29) is 17.1 Å². The molecule has 9 atom stereocenters. The maximum atomic E-state index is 12.9. The van der Waals surface area contributed by atoms with Gasteiger partial charge in [-0.15, -0.1) is 0 Å². The van der Waals surface area contributed by atoms with Gasteiger partial charge in [0.05, 0.1) is 19.1 Å². The van der Waals surface area contributed by atoms with Crippen LogP contribution < -0.4 is 0 Å². The second-order valence-corrected chi connectivity index (χ2v) is 14.3. The minimum atomic E-state index is -0.615. The van der Waals surface area contributed by atoms with Gasteiger partial charge in [0.1, 0.15) is 5.78 Å². The van der Waals surface area contributed by atoms with Crippen LogP contribution in [0.1, 0.15) is 112 Å². The summed E-state index contributed by atoms with van der Waals surface area (Å²) in [5.41, 5.74) is 0.803. The Labute approximate surface area is 209 Å². The first kappa shape index (κ1) is 25.2. The molecular formula is C31H52O3. The summed E-state index contributed by atoms with van der Waals surface area (Å²) in [4.78, 5) is 12.9. The first-order chi connectivity index (χ1) is 16.1. The Hall–Kier alpha value is -0.410. The molecule has 4 aliphatic carbocycles. The van der Waals surface area contributed by atoms with Gasteiger partial charge in [-0.3, -0.25) is 4.79 Å². The van der Waals surface area contributed by atoms with Crippen LogP contribution in [-0.2, 0) is 14.3 Å². The highest BCUT2D eigenvalue weighted by molar-refractivity contribution is 5.79. The monoisotopic (exact) mass is 472 g/mol. The molecule has 1 aliphatic heterocycles.